The van der Waals surface area contributed by atoms with E-state index in [4.69, 9.17) is 9.72 Å². The molecule has 3 heteroatoms. The van der Waals surface area contributed by atoms with Gasteiger partial charge in [-0.1, -0.05) is 18.2 Å². The van der Waals surface area contributed by atoms with Crippen LogP contribution in [0.25, 0.3) is 10.9 Å². The van der Waals surface area contributed by atoms with E-state index < -0.39 is 0 Å². The molecular formula is C20H26N2O. The summed E-state index contributed by atoms with van der Waals surface area (Å²) in [5, 5.41) is 1.30. The molecule has 1 atom stereocenters. The molecular weight excluding hydrogens is 284 g/mol. The first-order valence-electron chi connectivity index (χ1n) is 8.96. The van der Waals surface area contributed by atoms with Gasteiger partial charge >= 0.3 is 0 Å². The van der Waals surface area contributed by atoms with Crippen LogP contribution in [0.2, 0.25) is 0 Å². The highest BCUT2D eigenvalue weighted by molar-refractivity contribution is 5.93. The molecule has 0 bridgehead atoms. The Kier molecular flexibility index (Phi) is 3.98. The van der Waals surface area contributed by atoms with Gasteiger partial charge in [0, 0.05) is 30.8 Å². The van der Waals surface area contributed by atoms with Gasteiger partial charge in [-0.25, -0.2) is 0 Å². The van der Waals surface area contributed by atoms with Crippen molar-refractivity contribution in [3.8, 4) is 0 Å². The normalized spacial score (nSPS) is 22.9. The number of para-hydroxylation sites is 1. The highest BCUT2D eigenvalue weighted by Gasteiger charge is 2.30. The number of piperidine rings is 1. The van der Waals surface area contributed by atoms with E-state index in [2.05, 4.69) is 43.0 Å². The summed E-state index contributed by atoms with van der Waals surface area (Å²) in [4.78, 5) is 7.34. The Morgan fingerprint density at radius 3 is 2.61 bits per heavy atom. The lowest BCUT2D eigenvalue weighted by Gasteiger charge is -2.37. The summed E-state index contributed by atoms with van der Waals surface area (Å²) in [7, 11) is 0. The Morgan fingerprint density at radius 1 is 1.09 bits per heavy atom. The number of rotatable bonds is 2. The molecule has 122 valence electrons. The minimum Gasteiger partial charge on any atom is -0.378 e. The zero-order valence-corrected chi connectivity index (χ0v) is 14.2. The molecule has 3 heterocycles. The summed E-state index contributed by atoms with van der Waals surface area (Å²) in [6.45, 7) is 7.59. The van der Waals surface area contributed by atoms with Crippen LogP contribution in [0.5, 0.6) is 0 Å². The molecule has 0 aliphatic carbocycles. The number of hydrogen-bond donors (Lipinski definition) is 0. The van der Waals surface area contributed by atoms with Crippen molar-refractivity contribution >= 4 is 16.6 Å². The van der Waals surface area contributed by atoms with Gasteiger partial charge in [-0.3, -0.25) is 4.98 Å². The number of aromatic nitrogens is 1. The lowest BCUT2D eigenvalue weighted by molar-refractivity contribution is 0.0532. The first kappa shape index (κ1) is 14.9. The molecule has 0 saturated carbocycles. The summed E-state index contributed by atoms with van der Waals surface area (Å²) in [6, 6.07) is 8.56. The highest BCUT2D eigenvalue weighted by atomic mass is 16.5. The second-order valence-electron chi connectivity index (χ2n) is 7.06. The van der Waals surface area contributed by atoms with E-state index in [1.165, 1.54) is 42.3 Å². The van der Waals surface area contributed by atoms with E-state index in [1.54, 1.807) is 0 Å². The molecule has 4 rings (SSSR count). The summed E-state index contributed by atoms with van der Waals surface area (Å²) in [5.74, 6) is 0.753. The predicted molar refractivity (Wildman–Crippen MR) is 95.1 cm³/mol. The number of pyridine rings is 1. The maximum absolute atomic E-state index is 5.92. The van der Waals surface area contributed by atoms with Crippen LogP contribution in [0.3, 0.4) is 0 Å². The number of fused-ring (bicyclic) bond motifs is 1. The van der Waals surface area contributed by atoms with Crippen molar-refractivity contribution in [1.29, 1.82) is 0 Å². The van der Waals surface area contributed by atoms with E-state index in [-0.39, 0.29) is 0 Å². The molecule has 1 aromatic heterocycles. The SMILES string of the molecule is Cc1nc2ccccc2c(N2CCC(C3CCCO3)CC2)c1C. The third kappa shape index (κ3) is 2.72. The smallest absolute Gasteiger partial charge is 0.0726 e. The second-order valence-corrected chi connectivity index (χ2v) is 7.06. The Morgan fingerprint density at radius 2 is 1.87 bits per heavy atom. The fourth-order valence-corrected chi connectivity index (χ4v) is 4.29. The molecule has 3 nitrogen and oxygen atoms in total. The lowest BCUT2D eigenvalue weighted by atomic mass is 9.89. The minimum absolute atomic E-state index is 0.522. The van der Waals surface area contributed by atoms with E-state index in [1.807, 2.05) is 0 Å². The maximum Gasteiger partial charge on any atom is 0.0726 e. The molecule has 2 aliphatic heterocycles. The van der Waals surface area contributed by atoms with E-state index in [0.717, 1.165) is 36.8 Å². The standard InChI is InChI=1S/C20H26N2O/c1-14-15(2)21-18-7-4-3-6-17(18)20(14)22-11-9-16(10-12-22)19-8-5-13-23-19/h3-4,6-7,16,19H,5,8-13H2,1-2H3. The van der Waals surface area contributed by atoms with Gasteiger partial charge in [-0.05, 0) is 57.1 Å². The zero-order chi connectivity index (χ0) is 15.8. The number of nitrogens with zero attached hydrogens (tertiary/aromatic N) is 2. The average molecular weight is 310 g/mol. The van der Waals surface area contributed by atoms with Gasteiger partial charge in [0.1, 0.15) is 0 Å². The number of hydrogen-bond acceptors (Lipinski definition) is 3. The van der Waals surface area contributed by atoms with E-state index >= 15 is 0 Å². The van der Waals surface area contributed by atoms with Crippen molar-refractivity contribution in [3.05, 3.63) is 35.5 Å². The van der Waals surface area contributed by atoms with Gasteiger partial charge in [0.25, 0.3) is 0 Å². The van der Waals surface area contributed by atoms with Gasteiger partial charge < -0.3 is 9.64 Å². The number of aryl methyl sites for hydroxylation is 1. The topological polar surface area (TPSA) is 25.4 Å². The highest BCUT2D eigenvalue weighted by Crippen LogP contribution is 2.36. The van der Waals surface area contributed by atoms with Crippen LogP contribution in [0.1, 0.15) is 36.9 Å². The van der Waals surface area contributed by atoms with Crippen LogP contribution in [-0.2, 0) is 4.74 Å². The second kappa shape index (κ2) is 6.12. The molecule has 2 aliphatic rings. The molecule has 2 aromatic rings. The third-order valence-corrected chi connectivity index (χ3v) is 5.69. The van der Waals surface area contributed by atoms with Gasteiger partial charge in [0.15, 0.2) is 0 Å². The quantitative estimate of drug-likeness (QED) is 0.829. The van der Waals surface area contributed by atoms with Crippen LogP contribution in [0.15, 0.2) is 24.3 Å². The molecule has 1 unspecified atom stereocenters. The largest absolute Gasteiger partial charge is 0.378 e. The Balaban J connectivity index is 1.61. The fourth-order valence-electron chi connectivity index (χ4n) is 4.29. The molecule has 23 heavy (non-hydrogen) atoms. The zero-order valence-electron chi connectivity index (χ0n) is 14.2. The van der Waals surface area contributed by atoms with Gasteiger partial charge in [0.05, 0.1) is 17.3 Å². The molecule has 0 amide bonds. The third-order valence-electron chi connectivity index (χ3n) is 5.69. The lowest BCUT2D eigenvalue weighted by Crippen LogP contribution is -2.38. The summed E-state index contributed by atoms with van der Waals surface area (Å²) in [6.07, 6.45) is 5.54. The summed E-state index contributed by atoms with van der Waals surface area (Å²) >= 11 is 0. The van der Waals surface area contributed by atoms with Crippen LogP contribution in [0, 0.1) is 19.8 Å². The van der Waals surface area contributed by atoms with Crippen molar-refractivity contribution < 1.29 is 4.74 Å². The fraction of sp³-hybridized carbons (Fsp3) is 0.550. The van der Waals surface area contributed by atoms with Crippen LogP contribution >= 0.6 is 0 Å². The van der Waals surface area contributed by atoms with Gasteiger partial charge in [-0.2, -0.15) is 0 Å². The molecule has 0 spiro atoms. The molecule has 2 saturated heterocycles. The molecule has 2 fully saturated rings. The monoisotopic (exact) mass is 310 g/mol. The first-order valence-corrected chi connectivity index (χ1v) is 8.96. The van der Waals surface area contributed by atoms with E-state index in [9.17, 15) is 0 Å². The Bertz CT molecular complexity index is 698. The van der Waals surface area contributed by atoms with Crippen molar-refractivity contribution in [2.45, 2.75) is 45.6 Å². The average Bonchev–Trinajstić information content (AvgIpc) is 3.11. The number of benzene rings is 1. The van der Waals surface area contributed by atoms with E-state index in [0.29, 0.717) is 6.10 Å². The van der Waals surface area contributed by atoms with Crippen molar-refractivity contribution in [2.24, 2.45) is 5.92 Å². The Labute approximate surface area is 138 Å². The van der Waals surface area contributed by atoms with Gasteiger partial charge in [-0.15, -0.1) is 0 Å². The van der Waals surface area contributed by atoms with Gasteiger partial charge in [0.2, 0.25) is 0 Å². The number of anilines is 1. The maximum atomic E-state index is 5.92. The van der Waals surface area contributed by atoms with Crippen molar-refractivity contribution in [3.63, 3.8) is 0 Å². The Hall–Kier alpha value is -1.61. The molecule has 0 radical (unpaired) electrons. The molecule has 1 aromatic carbocycles. The van der Waals surface area contributed by atoms with Crippen LogP contribution in [0.4, 0.5) is 5.69 Å². The summed E-state index contributed by atoms with van der Waals surface area (Å²) < 4.78 is 5.92. The predicted octanol–water partition coefficient (Wildman–Crippen LogP) is 4.25. The molecule has 0 N–H and O–H groups in total. The number of ether oxygens (including phenoxy) is 1. The van der Waals surface area contributed by atoms with Crippen molar-refractivity contribution in [2.75, 3.05) is 24.6 Å². The van der Waals surface area contributed by atoms with Crippen molar-refractivity contribution in [1.82, 2.24) is 4.98 Å². The van der Waals surface area contributed by atoms with Crippen LogP contribution in [-0.4, -0.2) is 30.8 Å². The first-order chi connectivity index (χ1) is 11.2. The summed E-state index contributed by atoms with van der Waals surface area (Å²) in [5.41, 5.74) is 5.00. The minimum atomic E-state index is 0.522. The van der Waals surface area contributed by atoms with Crippen LogP contribution < -0.4 is 4.90 Å².